The van der Waals surface area contributed by atoms with Crippen molar-refractivity contribution in [2.45, 2.75) is 120 Å². The van der Waals surface area contributed by atoms with Crippen molar-refractivity contribution in [1.82, 2.24) is 19.6 Å². The van der Waals surface area contributed by atoms with Gasteiger partial charge in [-0.1, -0.05) is 38.1 Å². The summed E-state index contributed by atoms with van der Waals surface area (Å²) in [5.74, 6) is -0.0484. The second-order valence-electron chi connectivity index (χ2n) is 21.0. The number of piperidine rings is 1. The van der Waals surface area contributed by atoms with Crippen molar-refractivity contribution in [2.24, 2.45) is 11.3 Å². The normalized spacial score (nSPS) is 23.5. The summed E-state index contributed by atoms with van der Waals surface area (Å²) in [7, 11) is -3.16. The Morgan fingerprint density at radius 1 is 1.00 bits per heavy atom. The number of fused-ring (bicyclic) bond motifs is 2. The third-order valence-electron chi connectivity index (χ3n) is 15.9. The molecule has 17 nitrogen and oxygen atoms in total. The smallest absolute Gasteiger partial charge is 0.297 e. The summed E-state index contributed by atoms with van der Waals surface area (Å²) < 4.78 is 54.2. The zero-order chi connectivity index (χ0) is 49.7. The van der Waals surface area contributed by atoms with E-state index in [4.69, 9.17) is 18.9 Å². The van der Waals surface area contributed by atoms with Crippen molar-refractivity contribution in [3.05, 3.63) is 99.7 Å². The lowest BCUT2D eigenvalue weighted by molar-refractivity contribution is -0.384. The number of amides is 1. The summed E-state index contributed by atoms with van der Waals surface area (Å²) in [6.45, 7) is 9.68. The number of ether oxygens (including phenoxy) is 4. The maximum atomic E-state index is 14.4. The molecule has 0 unspecified atom stereocenters. The number of benzene rings is 3. The molecule has 0 bridgehead atoms. The van der Waals surface area contributed by atoms with Crippen LogP contribution in [0.15, 0.2) is 77.8 Å². The van der Waals surface area contributed by atoms with Gasteiger partial charge in [0.1, 0.15) is 24.6 Å². The van der Waals surface area contributed by atoms with E-state index in [0.717, 1.165) is 49.6 Å². The van der Waals surface area contributed by atoms with Crippen LogP contribution in [0.2, 0.25) is 0 Å². The van der Waals surface area contributed by atoms with Crippen molar-refractivity contribution in [2.75, 3.05) is 56.8 Å². The van der Waals surface area contributed by atoms with Crippen LogP contribution in [-0.2, 0) is 14.8 Å². The Bertz CT molecular complexity index is 2900. The first kappa shape index (κ1) is 48.7. The fourth-order valence-corrected chi connectivity index (χ4v) is 12.9. The SMILES string of the molecule is COCCOc1nc2[nH]ccc2cc1Oc1cc(N2CCC3(CC2)CC(N2CCC[C@H]2c2ccccc2C(C)C)C3)ccc1C(=O)NS(=O)(=O)c1cc2c(c([N+](=O)[O-])c1)N[C@@H](C1CCC(C)(O)CC1)CO2. The number of nitro benzene ring substituents is 1. The van der Waals surface area contributed by atoms with E-state index >= 15 is 0 Å². The molecule has 5 aliphatic rings. The van der Waals surface area contributed by atoms with Crippen LogP contribution >= 0.6 is 0 Å². The van der Waals surface area contributed by atoms with Gasteiger partial charge in [-0.3, -0.25) is 19.8 Å². The molecule has 5 heterocycles. The molecule has 4 fully saturated rings. The molecular formula is C53H65N7O10S. The molecule has 4 N–H and O–H groups in total. The number of H-pyrrole nitrogens is 1. The predicted molar refractivity (Wildman–Crippen MR) is 269 cm³/mol. The van der Waals surface area contributed by atoms with E-state index in [9.17, 15) is 28.4 Å². The molecule has 71 heavy (non-hydrogen) atoms. The minimum Gasteiger partial charge on any atom is -0.489 e. The molecule has 2 aromatic heterocycles. The zero-order valence-electron chi connectivity index (χ0n) is 40.9. The Morgan fingerprint density at radius 2 is 1.77 bits per heavy atom. The Balaban J connectivity index is 0.889. The molecular weight excluding hydrogens is 927 g/mol. The van der Waals surface area contributed by atoms with Gasteiger partial charge < -0.3 is 39.3 Å². The maximum Gasteiger partial charge on any atom is 0.297 e. The van der Waals surface area contributed by atoms with Crippen LogP contribution < -0.4 is 29.1 Å². The largest absolute Gasteiger partial charge is 0.489 e. The second-order valence-corrected chi connectivity index (χ2v) is 22.6. The fraction of sp³-hybridized carbons (Fsp3) is 0.509. The molecule has 0 radical (unpaired) electrons. The van der Waals surface area contributed by atoms with Gasteiger partial charge in [0.25, 0.3) is 27.5 Å². The van der Waals surface area contributed by atoms with Gasteiger partial charge in [0, 0.05) is 67.8 Å². The van der Waals surface area contributed by atoms with E-state index in [-0.39, 0.29) is 71.6 Å². The topological polar surface area (TPSA) is 211 Å². The highest BCUT2D eigenvalue weighted by molar-refractivity contribution is 7.90. The lowest BCUT2D eigenvalue weighted by Crippen LogP contribution is -2.54. The third-order valence-corrected chi connectivity index (χ3v) is 17.2. The van der Waals surface area contributed by atoms with Crippen LogP contribution in [0.1, 0.15) is 118 Å². The van der Waals surface area contributed by atoms with Gasteiger partial charge in [-0.2, -0.15) is 4.98 Å². The highest BCUT2D eigenvalue weighted by Gasteiger charge is 2.50. The summed E-state index contributed by atoms with van der Waals surface area (Å²) in [4.78, 5) is 38.4. The van der Waals surface area contributed by atoms with Crippen LogP contribution in [0.25, 0.3) is 11.0 Å². The van der Waals surface area contributed by atoms with Gasteiger partial charge in [0.2, 0.25) is 0 Å². The number of hydrogen-bond donors (Lipinski definition) is 4. The molecule has 378 valence electrons. The molecule has 1 spiro atoms. The molecule has 18 heteroatoms. The molecule has 3 aliphatic heterocycles. The number of carbonyl (C=O) groups is 1. The number of carbonyl (C=O) groups excluding carboxylic acids is 1. The van der Waals surface area contributed by atoms with Crippen LogP contribution in [0, 0.1) is 21.4 Å². The first-order valence-electron chi connectivity index (χ1n) is 25.1. The number of nitro groups is 1. The summed E-state index contributed by atoms with van der Waals surface area (Å²) in [5.41, 5.74) is 3.27. The number of hydrogen-bond acceptors (Lipinski definition) is 14. The number of anilines is 2. The number of aromatic nitrogens is 2. The predicted octanol–water partition coefficient (Wildman–Crippen LogP) is 9.23. The Labute approximate surface area is 414 Å². The lowest BCUT2D eigenvalue weighted by Gasteiger charge is -2.56. The summed E-state index contributed by atoms with van der Waals surface area (Å²) in [6.07, 6.45) is 11.1. The van der Waals surface area contributed by atoms with Gasteiger partial charge in [-0.25, -0.2) is 13.1 Å². The Morgan fingerprint density at radius 3 is 2.52 bits per heavy atom. The van der Waals surface area contributed by atoms with Gasteiger partial charge >= 0.3 is 0 Å². The number of aromatic amines is 1. The van der Waals surface area contributed by atoms with Gasteiger partial charge in [-0.05, 0) is 130 Å². The summed E-state index contributed by atoms with van der Waals surface area (Å²) in [5, 5.41) is 26.9. The monoisotopic (exact) mass is 991 g/mol. The quantitative estimate of drug-likeness (QED) is 0.0438. The number of pyridine rings is 1. The number of nitrogens with zero attached hydrogens (tertiary/aromatic N) is 4. The summed E-state index contributed by atoms with van der Waals surface area (Å²) in [6, 6.07) is 20.5. The highest BCUT2D eigenvalue weighted by Crippen LogP contribution is 2.54. The highest BCUT2D eigenvalue weighted by atomic mass is 32.2. The summed E-state index contributed by atoms with van der Waals surface area (Å²) >= 11 is 0. The lowest BCUT2D eigenvalue weighted by atomic mass is 9.59. The molecule has 5 aromatic rings. The molecule has 2 saturated carbocycles. The van der Waals surface area contributed by atoms with Crippen molar-refractivity contribution in [3.8, 4) is 23.1 Å². The molecule has 3 aromatic carbocycles. The van der Waals surface area contributed by atoms with Crippen molar-refractivity contribution >= 4 is 44.0 Å². The molecule has 2 aliphatic carbocycles. The number of sulfonamides is 1. The van der Waals surface area contributed by atoms with Crippen LogP contribution in [0.3, 0.4) is 0 Å². The van der Waals surface area contributed by atoms with E-state index in [2.05, 4.69) is 67.9 Å². The first-order valence-corrected chi connectivity index (χ1v) is 26.6. The minimum atomic E-state index is -4.72. The van der Waals surface area contributed by atoms with E-state index in [1.807, 2.05) is 6.07 Å². The minimum absolute atomic E-state index is 0.0125. The average Bonchev–Trinajstić information content (AvgIpc) is 4.02. The van der Waals surface area contributed by atoms with Gasteiger partial charge in [0.15, 0.2) is 17.2 Å². The van der Waals surface area contributed by atoms with Gasteiger partial charge in [-0.15, -0.1) is 0 Å². The molecule has 1 amide bonds. The van der Waals surface area contributed by atoms with Crippen molar-refractivity contribution < 1.29 is 42.2 Å². The zero-order valence-corrected chi connectivity index (χ0v) is 41.8. The van der Waals surface area contributed by atoms with E-state index in [0.29, 0.717) is 49.3 Å². The van der Waals surface area contributed by atoms with Crippen LogP contribution in [-0.4, -0.2) is 103 Å². The first-order chi connectivity index (χ1) is 34.1. The van der Waals surface area contributed by atoms with Crippen LogP contribution in [0.5, 0.6) is 23.1 Å². The number of methoxy groups -OCH3 is 1. The number of likely N-dealkylation sites (tertiary alicyclic amines) is 1. The van der Waals surface area contributed by atoms with Gasteiger partial charge in [0.05, 0.1) is 33.6 Å². The Kier molecular flexibility index (Phi) is 13.4. The van der Waals surface area contributed by atoms with Crippen LogP contribution in [0.4, 0.5) is 17.1 Å². The van der Waals surface area contributed by atoms with E-state index in [1.54, 1.807) is 44.5 Å². The number of nitrogens with one attached hydrogen (secondary N) is 3. The fourth-order valence-electron chi connectivity index (χ4n) is 11.9. The second kappa shape index (κ2) is 19.6. The molecule has 2 saturated heterocycles. The number of aliphatic hydroxyl groups is 1. The van der Waals surface area contributed by atoms with E-state index < -0.39 is 37.0 Å². The third kappa shape index (κ3) is 10.00. The van der Waals surface area contributed by atoms with Crippen molar-refractivity contribution in [3.63, 3.8) is 0 Å². The molecule has 2 atom stereocenters. The average molecular weight is 992 g/mol. The number of rotatable bonds is 15. The van der Waals surface area contributed by atoms with E-state index in [1.165, 1.54) is 42.9 Å². The molecule has 10 rings (SSSR count). The Hall–Kier alpha value is -5.95. The standard InChI is InChI=1S/C53H65N7O10S/c1-33(2)39-8-5-6-9-40(39)43-10-7-21-59(43)37-30-53(31-37)18-22-58(23-19-53)36-11-12-41(45(27-36)70-47-26-35-15-20-54-49(35)56-51(47)68-25-24-67-4)50(61)57-71(65,66)38-28-44(60(63)64)48-46(29-38)69-32-42(55-48)34-13-16-52(3,62)17-14-34/h5-6,8-9,11-12,15,20,26-29,33-34,37,42-43,55,62H,7,10,13-14,16-19,21-25,30-32H2,1-4H3,(H,54,56)(H,57,61)/t34?,42-,43+,52?/m1/s1. The van der Waals surface area contributed by atoms with Crippen molar-refractivity contribution in [1.29, 1.82) is 0 Å². The maximum absolute atomic E-state index is 14.4.